The number of amides is 3. The van der Waals surface area contributed by atoms with Crippen LogP contribution in [0, 0.1) is 26.2 Å². The number of carbonyl (C=O) groups is 3. The van der Waals surface area contributed by atoms with Gasteiger partial charge in [0, 0.05) is 42.3 Å². The Morgan fingerprint density at radius 1 is 0.983 bits per heavy atom. The van der Waals surface area contributed by atoms with Gasteiger partial charge < -0.3 is 15.1 Å². The Kier molecular flexibility index (Phi) is 11.4. The lowest BCUT2D eigenvalue weighted by Crippen LogP contribution is -2.47. The van der Waals surface area contributed by atoms with Crippen molar-refractivity contribution in [1.29, 1.82) is 0 Å². The molecule has 302 valence electrons. The van der Waals surface area contributed by atoms with Crippen molar-refractivity contribution < 1.29 is 18.8 Å². The lowest BCUT2D eigenvalue weighted by Gasteiger charge is -2.35. The van der Waals surface area contributed by atoms with Crippen LogP contribution >= 0.6 is 12.2 Å². The molecule has 0 spiro atoms. The predicted octanol–water partition coefficient (Wildman–Crippen LogP) is 6.71. The third kappa shape index (κ3) is 7.83. The first-order valence-electron chi connectivity index (χ1n) is 19.3. The second kappa shape index (κ2) is 16.7. The van der Waals surface area contributed by atoms with Gasteiger partial charge in [0.05, 0.1) is 30.6 Å². The highest BCUT2D eigenvalue weighted by Crippen LogP contribution is 2.38. The number of hydrogen-bond acceptors (Lipinski definition) is 10. The third-order valence-electron chi connectivity index (χ3n) is 10.6. The second-order valence-corrected chi connectivity index (χ2v) is 15.2. The van der Waals surface area contributed by atoms with E-state index >= 15 is 4.39 Å². The summed E-state index contributed by atoms with van der Waals surface area (Å²) in [5.41, 5.74) is 3.61. The number of likely N-dealkylation sites (N-methyl/N-ethyl adjacent to an activating group) is 1. The number of fused-ring (bicyclic) bond motifs is 1. The van der Waals surface area contributed by atoms with E-state index in [1.807, 2.05) is 30.9 Å². The summed E-state index contributed by atoms with van der Waals surface area (Å²) in [5.74, 6) is 0.121. The normalized spacial score (nSPS) is 14.8. The topological polar surface area (TPSA) is 161 Å². The fourth-order valence-electron chi connectivity index (χ4n) is 7.42. The number of unbranched alkanes of at least 4 members (excludes halogenated alkanes) is 3. The summed E-state index contributed by atoms with van der Waals surface area (Å²) in [6.45, 7) is 18.0. The maximum absolute atomic E-state index is 15.5. The van der Waals surface area contributed by atoms with E-state index in [4.69, 9.17) is 28.8 Å². The van der Waals surface area contributed by atoms with Crippen LogP contribution in [0.3, 0.4) is 0 Å². The number of aryl methyl sites for hydroxylation is 2. The van der Waals surface area contributed by atoms with Crippen molar-refractivity contribution in [3.63, 3.8) is 0 Å². The molecule has 7 rings (SSSR count). The van der Waals surface area contributed by atoms with E-state index in [9.17, 15) is 14.4 Å². The summed E-state index contributed by atoms with van der Waals surface area (Å²) in [7, 11) is 0. The fraction of sp³-hybridized carbons (Fsp3) is 0.333. The van der Waals surface area contributed by atoms with Crippen molar-refractivity contribution in [2.75, 3.05) is 45.8 Å². The smallest absolute Gasteiger partial charge is 0.259 e. The van der Waals surface area contributed by atoms with Gasteiger partial charge in [-0.3, -0.25) is 29.3 Å². The van der Waals surface area contributed by atoms with Gasteiger partial charge in [0.2, 0.25) is 5.91 Å². The number of benzene rings is 2. The molecule has 0 unspecified atom stereocenters. The highest BCUT2D eigenvalue weighted by molar-refractivity contribution is 7.81. The molecule has 2 aliphatic heterocycles. The molecule has 3 amide bonds. The number of hydrogen-bond donors (Lipinski definition) is 2. The first kappa shape index (κ1) is 40.5. The number of nitrogens with zero attached hydrogens (tertiary/aromatic N) is 10. The summed E-state index contributed by atoms with van der Waals surface area (Å²) in [5, 5.41) is 9.70. The van der Waals surface area contributed by atoms with Gasteiger partial charge in [-0.2, -0.15) is 5.10 Å². The number of aromatic amines is 1. The number of carbonyl (C=O) groups excluding carboxylic acids is 3. The van der Waals surface area contributed by atoms with Crippen LogP contribution in [0.5, 0.6) is 0 Å². The summed E-state index contributed by atoms with van der Waals surface area (Å²) < 4.78 is 15.5. The van der Waals surface area contributed by atoms with Crippen LogP contribution in [0.1, 0.15) is 68.1 Å². The predicted molar refractivity (Wildman–Crippen MR) is 227 cm³/mol. The van der Waals surface area contributed by atoms with Crippen molar-refractivity contribution in [3.8, 4) is 22.8 Å². The lowest BCUT2D eigenvalue weighted by molar-refractivity contribution is -0.120. The van der Waals surface area contributed by atoms with E-state index in [0.29, 0.717) is 77.5 Å². The Balaban J connectivity index is 0.916. The standard InChI is InChI=1S/C42H43FN12O3S/c1-7-53-35(56)23-52(37-38(53)50-34(22-46-37)29-15-17-33(49-26(29)3)36-47-24-48-51-36)19-11-9-8-10-18-45-39(57)30-14-12-28(21-31(30)43)55-41(59)54(40(58)42(55,4)5)27-13-16-32(44-6)25(2)20-27/h12-17,20-22,24H,7-11,18-19,23H2,1-5H3,(H,45,57)(H,47,48,51). The molecule has 2 aliphatic rings. The van der Waals surface area contributed by atoms with Crippen LogP contribution in [-0.2, 0) is 9.59 Å². The maximum atomic E-state index is 15.5. The first-order chi connectivity index (χ1) is 28.3. The van der Waals surface area contributed by atoms with E-state index in [1.165, 1.54) is 23.4 Å². The van der Waals surface area contributed by atoms with Crippen LogP contribution in [0.25, 0.3) is 27.6 Å². The molecule has 59 heavy (non-hydrogen) atoms. The zero-order valence-electron chi connectivity index (χ0n) is 33.4. The highest BCUT2D eigenvalue weighted by Gasteiger charge is 2.50. The van der Waals surface area contributed by atoms with Gasteiger partial charge in [-0.15, -0.1) is 0 Å². The molecule has 2 aromatic carbocycles. The molecule has 5 aromatic rings. The Bertz CT molecular complexity index is 2500. The summed E-state index contributed by atoms with van der Waals surface area (Å²) >= 11 is 5.73. The maximum Gasteiger partial charge on any atom is 0.259 e. The van der Waals surface area contributed by atoms with Crippen LogP contribution in [0.15, 0.2) is 61.1 Å². The van der Waals surface area contributed by atoms with Gasteiger partial charge in [0.25, 0.3) is 11.8 Å². The molecule has 0 radical (unpaired) electrons. The van der Waals surface area contributed by atoms with E-state index in [1.54, 1.807) is 61.0 Å². The summed E-state index contributed by atoms with van der Waals surface area (Å²) in [6.07, 6.45) is 6.27. The van der Waals surface area contributed by atoms with Crippen molar-refractivity contribution in [1.82, 2.24) is 35.5 Å². The Hall–Kier alpha value is -6.67. The monoisotopic (exact) mass is 814 g/mol. The van der Waals surface area contributed by atoms with Crippen molar-refractivity contribution >= 4 is 63.7 Å². The van der Waals surface area contributed by atoms with Crippen LogP contribution in [-0.4, -0.2) is 84.7 Å². The van der Waals surface area contributed by atoms with Crippen molar-refractivity contribution in [2.24, 2.45) is 0 Å². The fourth-order valence-corrected chi connectivity index (χ4v) is 7.94. The van der Waals surface area contributed by atoms with E-state index in [2.05, 4.69) is 30.3 Å². The van der Waals surface area contributed by atoms with Crippen LogP contribution in [0.2, 0.25) is 0 Å². The summed E-state index contributed by atoms with van der Waals surface area (Å²) in [4.78, 5) is 68.4. The van der Waals surface area contributed by atoms with E-state index in [0.717, 1.165) is 30.5 Å². The number of halogens is 1. The first-order valence-corrected chi connectivity index (χ1v) is 19.8. The van der Waals surface area contributed by atoms with Gasteiger partial charge in [0.1, 0.15) is 23.4 Å². The average molecular weight is 815 g/mol. The molecule has 15 nitrogen and oxygen atoms in total. The van der Waals surface area contributed by atoms with Gasteiger partial charge >= 0.3 is 0 Å². The largest absolute Gasteiger partial charge is 0.352 e. The minimum atomic E-state index is -1.13. The lowest BCUT2D eigenvalue weighted by atomic mass is 10.0. The summed E-state index contributed by atoms with van der Waals surface area (Å²) in [6, 6.07) is 13.0. The van der Waals surface area contributed by atoms with E-state index in [-0.39, 0.29) is 29.0 Å². The zero-order valence-corrected chi connectivity index (χ0v) is 34.2. The third-order valence-corrected chi connectivity index (χ3v) is 10.9. The molecular formula is C42H43FN12O3S. The highest BCUT2D eigenvalue weighted by atomic mass is 32.1. The zero-order chi connectivity index (χ0) is 42.0. The van der Waals surface area contributed by atoms with Gasteiger partial charge in [0.15, 0.2) is 28.3 Å². The molecule has 1 saturated heterocycles. The SMILES string of the molecule is [C-]#[N+]c1ccc(N2C(=O)C(C)(C)N(c3ccc(C(=O)NCCCCCCN4CC(=O)N(CC)c5nc(-c6ccc(-c7ncn[nH]7)nc6C)cnc54)c(F)c3)C2=S)cc1C. The Morgan fingerprint density at radius 2 is 1.76 bits per heavy atom. The minimum absolute atomic E-state index is 0.0497. The molecule has 5 heterocycles. The van der Waals surface area contributed by atoms with Crippen molar-refractivity contribution in [3.05, 3.63) is 95.1 Å². The van der Waals surface area contributed by atoms with E-state index < -0.39 is 17.3 Å². The molecule has 0 saturated carbocycles. The van der Waals surface area contributed by atoms with Crippen LogP contribution in [0.4, 0.5) is 33.1 Å². The molecular weight excluding hydrogens is 772 g/mol. The number of aromatic nitrogens is 6. The molecule has 1 fully saturated rings. The minimum Gasteiger partial charge on any atom is -0.352 e. The van der Waals surface area contributed by atoms with Gasteiger partial charge in [-0.1, -0.05) is 18.9 Å². The molecule has 3 aromatic heterocycles. The number of rotatable bonds is 13. The van der Waals surface area contributed by atoms with Gasteiger partial charge in [-0.05, 0) is 108 Å². The van der Waals surface area contributed by atoms with Crippen LogP contribution < -0.4 is 24.9 Å². The molecule has 0 aliphatic carbocycles. The number of nitrogens with one attached hydrogen (secondary N) is 2. The van der Waals surface area contributed by atoms with Gasteiger partial charge in [-0.25, -0.2) is 29.2 Å². The number of anilines is 4. The van der Waals surface area contributed by atoms with Crippen molar-refractivity contribution in [2.45, 2.75) is 65.8 Å². The molecule has 17 heteroatoms. The Labute approximate surface area is 346 Å². The second-order valence-electron chi connectivity index (χ2n) is 14.9. The average Bonchev–Trinajstić information content (AvgIpc) is 3.81. The molecule has 0 atom stereocenters. The Morgan fingerprint density at radius 3 is 2.46 bits per heavy atom. The number of pyridine rings is 1. The molecule has 2 N–H and O–H groups in total. The quantitative estimate of drug-likeness (QED) is 0.0739. The number of H-pyrrole nitrogens is 1. The number of thiocarbonyl (C=S) groups is 1. The molecule has 0 bridgehead atoms.